The van der Waals surface area contributed by atoms with Crippen LogP contribution >= 0.6 is 0 Å². The van der Waals surface area contributed by atoms with Crippen LogP contribution in [0.5, 0.6) is 11.5 Å². The summed E-state index contributed by atoms with van der Waals surface area (Å²) in [7, 11) is 2.76. The molecule has 0 atom stereocenters. The number of methoxy groups -OCH3 is 2. The van der Waals surface area contributed by atoms with E-state index in [4.69, 9.17) is 14.7 Å². The second kappa shape index (κ2) is 5.32. The van der Waals surface area contributed by atoms with Crippen LogP contribution in [-0.2, 0) is 6.18 Å². The van der Waals surface area contributed by atoms with Gasteiger partial charge in [-0.05, 0) is 12.1 Å². The molecule has 2 aromatic rings. The van der Waals surface area contributed by atoms with E-state index in [0.717, 1.165) is 0 Å². The fraction of sp³-hybridized carbons (Fsp3) is 0.250. The van der Waals surface area contributed by atoms with Crippen molar-refractivity contribution in [1.29, 1.82) is 5.26 Å². The van der Waals surface area contributed by atoms with E-state index in [2.05, 4.69) is 10.3 Å². The summed E-state index contributed by atoms with van der Waals surface area (Å²) in [5, 5.41) is 15.3. The van der Waals surface area contributed by atoms with Crippen molar-refractivity contribution in [3.63, 3.8) is 0 Å². The highest BCUT2D eigenvalue weighted by molar-refractivity contribution is 5.49. The molecule has 0 radical (unpaired) electrons. The summed E-state index contributed by atoms with van der Waals surface area (Å²) < 4.78 is 49.7. The summed E-state index contributed by atoms with van der Waals surface area (Å²) in [5.74, 6) is 0.590. The summed E-state index contributed by atoms with van der Waals surface area (Å²) in [4.78, 5) is 0. The first-order chi connectivity index (χ1) is 9.92. The normalized spacial score (nSPS) is 11.0. The van der Waals surface area contributed by atoms with E-state index in [1.807, 2.05) is 0 Å². The van der Waals surface area contributed by atoms with Gasteiger partial charge in [0.1, 0.15) is 6.07 Å². The first-order valence-corrected chi connectivity index (χ1v) is 5.57. The highest BCUT2D eigenvalue weighted by Gasteiger charge is 2.40. The number of halogens is 3. The first kappa shape index (κ1) is 14.6. The Morgan fingerprint density at radius 3 is 2.38 bits per heavy atom. The van der Waals surface area contributed by atoms with Crippen LogP contribution in [0, 0.1) is 11.3 Å². The van der Waals surface area contributed by atoms with Crippen molar-refractivity contribution in [1.82, 2.24) is 15.0 Å². The van der Waals surface area contributed by atoms with Gasteiger partial charge in [-0.1, -0.05) is 5.21 Å². The fourth-order valence-electron chi connectivity index (χ4n) is 1.75. The number of nitrogens with zero attached hydrogens (tertiary/aromatic N) is 4. The molecular weight excluding hydrogens is 289 g/mol. The molecule has 1 heterocycles. The molecule has 0 amide bonds. The van der Waals surface area contributed by atoms with Gasteiger partial charge < -0.3 is 9.47 Å². The van der Waals surface area contributed by atoms with Crippen molar-refractivity contribution in [3.05, 3.63) is 29.6 Å². The predicted molar refractivity (Wildman–Crippen MR) is 64.2 cm³/mol. The van der Waals surface area contributed by atoms with Crippen LogP contribution in [0.4, 0.5) is 13.2 Å². The van der Waals surface area contributed by atoms with E-state index in [1.54, 1.807) is 0 Å². The molecule has 0 aliphatic carbocycles. The SMILES string of the molecule is COc1ccc(-n2nnc(C#N)c2C(F)(F)F)cc1OC. The van der Waals surface area contributed by atoms with Crippen molar-refractivity contribution < 1.29 is 22.6 Å². The molecule has 0 unspecified atom stereocenters. The molecule has 0 saturated heterocycles. The van der Waals surface area contributed by atoms with Crippen LogP contribution in [0.25, 0.3) is 5.69 Å². The molecule has 0 spiro atoms. The minimum Gasteiger partial charge on any atom is -0.493 e. The quantitative estimate of drug-likeness (QED) is 0.868. The first-order valence-electron chi connectivity index (χ1n) is 5.57. The third kappa shape index (κ3) is 2.60. The molecule has 0 saturated carbocycles. The zero-order valence-electron chi connectivity index (χ0n) is 11.0. The molecule has 110 valence electrons. The average Bonchev–Trinajstić information content (AvgIpc) is 2.90. The third-order valence-electron chi connectivity index (χ3n) is 2.66. The van der Waals surface area contributed by atoms with Gasteiger partial charge in [0.25, 0.3) is 0 Å². The Balaban J connectivity index is 2.63. The van der Waals surface area contributed by atoms with Gasteiger partial charge in [-0.25, -0.2) is 4.68 Å². The van der Waals surface area contributed by atoms with Gasteiger partial charge in [0, 0.05) is 6.07 Å². The number of aromatic nitrogens is 3. The molecule has 9 heteroatoms. The number of alkyl halides is 3. The van der Waals surface area contributed by atoms with Crippen LogP contribution in [0.3, 0.4) is 0 Å². The summed E-state index contributed by atoms with van der Waals surface area (Å²) in [6.07, 6.45) is -4.76. The smallest absolute Gasteiger partial charge is 0.436 e. The van der Waals surface area contributed by atoms with Crippen molar-refractivity contribution in [2.24, 2.45) is 0 Å². The lowest BCUT2D eigenvalue weighted by molar-refractivity contribution is -0.143. The lowest BCUT2D eigenvalue weighted by atomic mass is 10.2. The van der Waals surface area contributed by atoms with Gasteiger partial charge >= 0.3 is 6.18 Å². The molecule has 6 nitrogen and oxygen atoms in total. The van der Waals surface area contributed by atoms with Crippen molar-refractivity contribution >= 4 is 0 Å². The monoisotopic (exact) mass is 298 g/mol. The Morgan fingerprint density at radius 2 is 1.86 bits per heavy atom. The lowest BCUT2D eigenvalue weighted by Crippen LogP contribution is -2.15. The maximum Gasteiger partial charge on any atom is 0.436 e. The van der Waals surface area contributed by atoms with Gasteiger partial charge in [-0.15, -0.1) is 5.10 Å². The van der Waals surface area contributed by atoms with Crippen molar-refractivity contribution in [2.75, 3.05) is 14.2 Å². The second-order valence-corrected chi connectivity index (χ2v) is 3.85. The molecule has 1 aromatic heterocycles. The van der Waals surface area contributed by atoms with Crippen LogP contribution in [0.15, 0.2) is 18.2 Å². The zero-order valence-corrected chi connectivity index (χ0v) is 11.0. The zero-order chi connectivity index (χ0) is 15.6. The summed E-state index contributed by atoms with van der Waals surface area (Å²) in [5.41, 5.74) is -1.98. The van der Waals surface area contributed by atoms with E-state index < -0.39 is 17.6 Å². The van der Waals surface area contributed by atoms with Gasteiger partial charge in [-0.3, -0.25) is 0 Å². The maximum absolute atomic E-state index is 13.0. The fourth-order valence-corrected chi connectivity index (χ4v) is 1.75. The third-order valence-corrected chi connectivity index (χ3v) is 2.66. The molecule has 0 N–H and O–H groups in total. The number of hydrogen-bond donors (Lipinski definition) is 0. The molecule has 0 fully saturated rings. The number of ether oxygens (including phenoxy) is 2. The van der Waals surface area contributed by atoms with E-state index >= 15 is 0 Å². The predicted octanol–water partition coefficient (Wildman–Crippen LogP) is 2.17. The lowest BCUT2D eigenvalue weighted by Gasteiger charge is -2.12. The van der Waals surface area contributed by atoms with Gasteiger partial charge in [0.2, 0.25) is 0 Å². The highest BCUT2D eigenvalue weighted by atomic mass is 19.4. The standard InChI is InChI=1S/C12H9F3N4O2/c1-20-9-4-3-7(5-10(9)21-2)19-11(12(13,14)15)8(6-16)17-18-19/h3-5H,1-2H3. The maximum atomic E-state index is 13.0. The summed E-state index contributed by atoms with van der Waals surface area (Å²) >= 11 is 0. The Bertz CT molecular complexity index is 704. The molecule has 1 aromatic carbocycles. The van der Waals surface area contributed by atoms with Crippen LogP contribution in [0.2, 0.25) is 0 Å². The van der Waals surface area contributed by atoms with Gasteiger partial charge in [0.15, 0.2) is 22.9 Å². The van der Waals surface area contributed by atoms with Crippen LogP contribution in [-0.4, -0.2) is 29.2 Å². The van der Waals surface area contributed by atoms with Crippen LogP contribution in [0.1, 0.15) is 11.4 Å². The summed E-state index contributed by atoms with van der Waals surface area (Å²) in [6.45, 7) is 0. The Hall–Kier alpha value is -2.76. The molecule has 0 bridgehead atoms. The minimum atomic E-state index is -4.76. The highest BCUT2D eigenvalue weighted by Crippen LogP contribution is 2.34. The van der Waals surface area contributed by atoms with Gasteiger partial charge in [-0.2, -0.15) is 18.4 Å². The second-order valence-electron chi connectivity index (χ2n) is 3.85. The van der Waals surface area contributed by atoms with Crippen LogP contribution < -0.4 is 9.47 Å². The Labute approximate surface area is 117 Å². The molecule has 21 heavy (non-hydrogen) atoms. The number of benzene rings is 1. The van der Waals surface area contributed by atoms with E-state index in [-0.39, 0.29) is 11.4 Å². The minimum absolute atomic E-state index is 0.0500. The largest absolute Gasteiger partial charge is 0.493 e. The topological polar surface area (TPSA) is 73.0 Å². The van der Waals surface area contributed by atoms with E-state index in [1.165, 1.54) is 38.5 Å². The van der Waals surface area contributed by atoms with Gasteiger partial charge in [0.05, 0.1) is 19.9 Å². The molecule has 0 aliphatic heterocycles. The Morgan fingerprint density at radius 1 is 1.19 bits per heavy atom. The number of hydrogen-bond acceptors (Lipinski definition) is 5. The van der Waals surface area contributed by atoms with E-state index in [9.17, 15) is 13.2 Å². The molecule has 0 aliphatic rings. The number of nitriles is 1. The van der Waals surface area contributed by atoms with E-state index in [0.29, 0.717) is 10.4 Å². The molecular formula is C12H9F3N4O2. The number of rotatable bonds is 3. The molecule has 2 rings (SSSR count). The summed E-state index contributed by atoms with van der Waals surface area (Å²) in [6, 6.07) is 5.47. The Kier molecular flexibility index (Phi) is 3.71. The van der Waals surface area contributed by atoms with Crippen molar-refractivity contribution in [2.45, 2.75) is 6.18 Å². The average molecular weight is 298 g/mol. The van der Waals surface area contributed by atoms with Crippen molar-refractivity contribution in [3.8, 4) is 23.3 Å².